The van der Waals surface area contributed by atoms with Crippen molar-refractivity contribution in [3.63, 3.8) is 0 Å². The van der Waals surface area contributed by atoms with E-state index in [2.05, 4.69) is 0 Å². The van der Waals surface area contributed by atoms with E-state index in [1.165, 1.54) is 0 Å². The van der Waals surface area contributed by atoms with Crippen molar-refractivity contribution in [3.05, 3.63) is 12.8 Å². The Balaban J connectivity index is -0.0000000322. The minimum absolute atomic E-state index is 0.167. The first-order chi connectivity index (χ1) is 7.29. The number of hydrogen-bond acceptors (Lipinski definition) is 3. The van der Waals surface area contributed by atoms with Gasteiger partial charge in [0.25, 0.3) is 0 Å². The molecule has 0 aliphatic carbocycles. The van der Waals surface area contributed by atoms with Crippen LogP contribution in [0.1, 0.15) is 55.4 Å². The van der Waals surface area contributed by atoms with Crippen molar-refractivity contribution in [2.75, 3.05) is 0 Å². The summed E-state index contributed by atoms with van der Waals surface area (Å²) >= 11 is 0.300. The topological polar surface area (TPSA) is 57.5 Å². The number of aliphatic hydroxyl groups is 2. The molecule has 0 aliphatic rings. The SMILES string of the molecule is CC(C)O.CC(C)O.C[CH-]C.C[CH-]C.[O]=[Zr+2]. The number of aliphatic hydroxyl groups excluding tert-OH is 2. The fourth-order valence-electron chi connectivity index (χ4n) is 0. The first-order valence-electron chi connectivity index (χ1n) is 5.34. The summed E-state index contributed by atoms with van der Waals surface area (Å²) in [7, 11) is 0. The molecule has 100 valence electrons. The molecule has 0 bridgehead atoms. The molecule has 0 amide bonds. The van der Waals surface area contributed by atoms with Crippen molar-refractivity contribution >= 4 is 0 Å². The Hall–Kier alpha value is 0.603. The van der Waals surface area contributed by atoms with Gasteiger partial charge in [0.1, 0.15) is 0 Å². The first-order valence-corrected chi connectivity index (χ1v) is 6.34. The Morgan fingerprint density at radius 2 is 0.750 bits per heavy atom. The van der Waals surface area contributed by atoms with Gasteiger partial charge in [0.05, 0.1) is 0 Å². The van der Waals surface area contributed by atoms with Crippen molar-refractivity contribution in [2.24, 2.45) is 0 Å². The van der Waals surface area contributed by atoms with Gasteiger partial charge in [-0.2, -0.15) is 27.7 Å². The molecule has 4 heteroatoms. The third kappa shape index (κ3) is 7430. The van der Waals surface area contributed by atoms with Crippen molar-refractivity contribution in [1.29, 1.82) is 0 Å². The van der Waals surface area contributed by atoms with Gasteiger partial charge in [-0.25, -0.2) is 0 Å². The third-order valence-electron chi connectivity index (χ3n) is 0. The zero-order valence-electron chi connectivity index (χ0n) is 12.1. The molecule has 0 aromatic carbocycles. The molecule has 0 fully saturated rings. The summed E-state index contributed by atoms with van der Waals surface area (Å²) in [6, 6.07) is 0. The zero-order valence-corrected chi connectivity index (χ0v) is 14.6. The summed E-state index contributed by atoms with van der Waals surface area (Å²) in [6.07, 6.45) is 3.67. The Labute approximate surface area is 118 Å². The molecule has 3 nitrogen and oxygen atoms in total. The van der Waals surface area contributed by atoms with Gasteiger partial charge in [-0.1, -0.05) is 0 Å². The molecule has 0 saturated carbocycles. The molecule has 0 aromatic rings. The second-order valence-electron chi connectivity index (χ2n) is 3.34. The van der Waals surface area contributed by atoms with E-state index < -0.39 is 0 Å². The van der Waals surface area contributed by atoms with E-state index in [0.717, 1.165) is 0 Å². The van der Waals surface area contributed by atoms with Gasteiger partial charge in [-0.15, -0.1) is 0 Å². The maximum atomic E-state index is 8.34. The predicted molar refractivity (Wildman–Crippen MR) is 66.7 cm³/mol. The zero-order chi connectivity index (χ0) is 14.6. The van der Waals surface area contributed by atoms with E-state index >= 15 is 0 Å². The van der Waals surface area contributed by atoms with Crippen LogP contribution < -0.4 is 0 Å². The van der Waals surface area contributed by atoms with Crippen LogP contribution in [0, 0.1) is 12.8 Å². The molecule has 2 N–H and O–H groups in total. The van der Waals surface area contributed by atoms with Crippen LogP contribution in [-0.4, -0.2) is 22.4 Å². The van der Waals surface area contributed by atoms with Crippen LogP contribution in [0.5, 0.6) is 0 Å². The van der Waals surface area contributed by atoms with Crippen LogP contribution in [0.25, 0.3) is 0 Å². The Kier molecular flexibility index (Phi) is 84.4. The second kappa shape index (κ2) is 45.0. The average molecular weight is 314 g/mol. The van der Waals surface area contributed by atoms with Crippen molar-refractivity contribution in [1.82, 2.24) is 0 Å². The van der Waals surface area contributed by atoms with E-state index in [1.54, 1.807) is 27.7 Å². The molecule has 0 aliphatic heterocycles. The molecule has 0 saturated heterocycles. The van der Waals surface area contributed by atoms with Crippen LogP contribution in [0.15, 0.2) is 0 Å². The van der Waals surface area contributed by atoms with Gasteiger partial charge in [-0.3, -0.25) is 0 Å². The van der Waals surface area contributed by atoms with E-state index in [-0.39, 0.29) is 12.2 Å². The van der Waals surface area contributed by atoms with Crippen LogP contribution in [0.2, 0.25) is 0 Å². The van der Waals surface area contributed by atoms with Gasteiger partial charge in [0, 0.05) is 12.2 Å². The fourth-order valence-corrected chi connectivity index (χ4v) is 0. The van der Waals surface area contributed by atoms with Gasteiger partial charge in [-0.05, 0) is 27.7 Å². The summed E-state index contributed by atoms with van der Waals surface area (Å²) in [5.74, 6) is 0. The molecular weight excluding hydrogens is 283 g/mol. The van der Waals surface area contributed by atoms with E-state index in [4.69, 9.17) is 13.0 Å². The van der Waals surface area contributed by atoms with E-state index in [9.17, 15) is 0 Å². The summed E-state index contributed by atoms with van der Waals surface area (Å²) in [6.45, 7) is 14.9. The van der Waals surface area contributed by atoms with Crippen LogP contribution in [0.4, 0.5) is 0 Å². The van der Waals surface area contributed by atoms with Crippen LogP contribution in [-0.2, 0) is 27.5 Å². The first kappa shape index (κ1) is 30.0. The minimum atomic E-state index is -0.167. The predicted octanol–water partition coefficient (Wildman–Crippen LogP) is 3.11. The third-order valence-corrected chi connectivity index (χ3v) is 0. The summed E-state index contributed by atoms with van der Waals surface area (Å²) in [5.41, 5.74) is 0. The molecular formula is C12H30O3Zr. The molecule has 16 heavy (non-hydrogen) atoms. The van der Waals surface area contributed by atoms with Gasteiger partial charge in [0.2, 0.25) is 0 Å². The summed E-state index contributed by atoms with van der Waals surface area (Å²) < 4.78 is 8.34. The summed E-state index contributed by atoms with van der Waals surface area (Å²) in [4.78, 5) is 0. The number of rotatable bonds is 0. The van der Waals surface area contributed by atoms with Crippen LogP contribution >= 0.6 is 0 Å². The van der Waals surface area contributed by atoms with E-state index in [0.29, 0.717) is 24.7 Å². The molecule has 0 radical (unpaired) electrons. The quantitative estimate of drug-likeness (QED) is 0.676. The van der Waals surface area contributed by atoms with Crippen LogP contribution in [0.3, 0.4) is 0 Å². The molecule has 0 spiro atoms. The fraction of sp³-hybridized carbons (Fsp3) is 0.833. The molecule has 0 heterocycles. The normalized spacial score (nSPS) is 7.12. The molecule has 0 atom stereocenters. The standard InChI is InChI=1S/2C3H8O.2C3H7.O.Zr/c2*1-3(2)4;2*1-3-2;;/h2*3-4H,1-2H3;2*3H,1-2H3;;/q;;2*-1;;+2. The Morgan fingerprint density at radius 1 is 0.750 bits per heavy atom. The Morgan fingerprint density at radius 3 is 0.750 bits per heavy atom. The molecule has 0 unspecified atom stereocenters. The van der Waals surface area contributed by atoms with E-state index in [1.807, 2.05) is 40.5 Å². The maximum absolute atomic E-state index is 8.34. The monoisotopic (exact) mass is 312 g/mol. The van der Waals surface area contributed by atoms with Crippen molar-refractivity contribution < 1.29 is 37.7 Å². The molecule has 0 aromatic heterocycles. The van der Waals surface area contributed by atoms with Gasteiger partial charge >= 0.3 is 27.5 Å². The van der Waals surface area contributed by atoms with Crippen molar-refractivity contribution in [2.45, 2.75) is 67.6 Å². The second-order valence-corrected chi connectivity index (χ2v) is 3.34. The van der Waals surface area contributed by atoms with Gasteiger partial charge in [0.15, 0.2) is 0 Å². The Bertz CT molecular complexity index is 55.8. The summed E-state index contributed by atoms with van der Waals surface area (Å²) in [5, 5.41) is 16.1. The average Bonchev–Trinajstić information content (AvgIpc) is 2.07. The number of hydrogen-bond donors (Lipinski definition) is 2. The van der Waals surface area contributed by atoms with Gasteiger partial charge < -0.3 is 23.1 Å². The molecule has 0 rings (SSSR count). The van der Waals surface area contributed by atoms with Crippen molar-refractivity contribution in [3.8, 4) is 0 Å².